The third-order valence-corrected chi connectivity index (χ3v) is 4.98. The lowest BCUT2D eigenvalue weighted by Crippen LogP contribution is -2.51. The molecule has 0 radical (unpaired) electrons. The minimum absolute atomic E-state index is 0.0786. The molecule has 0 aromatic rings. The van der Waals surface area contributed by atoms with Gasteiger partial charge in [0.1, 0.15) is 0 Å². The van der Waals surface area contributed by atoms with Crippen LogP contribution in [0, 0.1) is 11.8 Å². The van der Waals surface area contributed by atoms with E-state index in [4.69, 9.17) is 4.74 Å². The molecule has 0 amide bonds. The molecule has 2 aliphatic rings. The Morgan fingerprint density at radius 2 is 1.78 bits per heavy atom. The van der Waals surface area contributed by atoms with Crippen LogP contribution in [0.5, 0.6) is 0 Å². The van der Waals surface area contributed by atoms with Crippen LogP contribution in [0.4, 0.5) is 0 Å². The highest BCUT2D eigenvalue weighted by Crippen LogP contribution is 2.35. The highest BCUT2D eigenvalue weighted by molar-refractivity contribution is 4.90. The highest BCUT2D eigenvalue weighted by atomic mass is 16.5. The Balaban J connectivity index is 1.95. The van der Waals surface area contributed by atoms with Gasteiger partial charge >= 0.3 is 0 Å². The number of aliphatic hydroxyl groups is 1. The summed E-state index contributed by atoms with van der Waals surface area (Å²) in [6.45, 7) is 6.94. The number of rotatable bonds is 3. The van der Waals surface area contributed by atoms with Crippen LogP contribution in [0.3, 0.4) is 0 Å². The van der Waals surface area contributed by atoms with Crippen LogP contribution in [0.25, 0.3) is 0 Å². The predicted molar refractivity (Wildman–Crippen MR) is 73.6 cm³/mol. The SMILES string of the molecule is COC1CCN(C2CC(O)CCC2C(C)C)CC1. The van der Waals surface area contributed by atoms with Crippen molar-refractivity contribution in [3.63, 3.8) is 0 Å². The van der Waals surface area contributed by atoms with Gasteiger partial charge in [-0.1, -0.05) is 13.8 Å². The van der Waals surface area contributed by atoms with Crippen LogP contribution in [0.1, 0.15) is 46.0 Å². The summed E-state index contributed by atoms with van der Waals surface area (Å²) in [6, 6.07) is 0.589. The summed E-state index contributed by atoms with van der Waals surface area (Å²) >= 11 is 0. The minimum Gasteiger partial charge on any atom is -0.393 e. The van der Waals surface area contributed by atoms with Crippen molar-refractivity contribution in [2.24, 2.45) is 11.8 Å². The van der Waals surface area contributed by atoms with E-state index < -0.39 is 0 Å². The second kappa shape index (κ2) is 6.36. The van der Waals surface area contributed by atoms with Crippen LogP contribution in [0.2, 0.25) is 0 Å². The smallest absolute Gasteiger partial charge is 0.0595 e. The Labute approximate surface area is 112 Å². The first-order chi connectivity index (χ1) is 8.61. The monoisotopic (exact) mass is 255 g/mol. The van der Waals surface area contributed by atoms with Crippen LogP contribution in [-0.2, 0) is 4.74 Å². The van der Waals surface area contributed by atoms with Crippen molar-refractivity contribution in [2.45, 2.75) is 64.2 Å². The lowest BCUT2D eigenvalue weighted by molar-refractivity contribution is -0.0246. The quantitative estimate of drug-likeness (QED) is 0.840. The molecule has 3 nitrogen and oxygen atoms in total. The molecule has 1 aliphatic carbocycles. The van der Waals surface area contributed by atoms with Gasteiger partial charge in [0.05, 0.1) is 12.2 Å². The van der Waals surface area contributed by atoms with E-state index in [9.17, 15) is 5.11 Å². The van der Waals surface area contributed by atoms with Gasteiger partial charge in [0, 0.05) is 26.2 Å². The normalized spacial score (nSPS) is 36.2. The van der Waals surface area contributed by atoms with Gasteiger partial charge in [-0.05, 0) is 43.9 Å². The lowest BCUT2D eigenvalue weighted by atomic mass is 9.75. The Morgan fingerprint density at radius 3 is 2.33 bits per heavy atom. The first-order valence-corrected chi connectivity index (χ1v) is 7.56. The van der Waals surface area contributed by atoms with Gasteiger partial charge in [-0.15, -0.1) is 0 Å². The average Bonchev–Trinajstić information content (AvgIpc) is 2.38. The van der Waals surface area contributed by atoms with Crippen molar-refractivity contribution in [3.05, 3.63) is 0 Å². The summed E-state index contributed by atoms with van der Waals surface area (Å²) in [5.74, 6) is 1.48. The fourth-order valence-electron chi connectivity index (χ4n) is 3.79. The Kier molecular flexibility index (Phi) is 5.05. The number of nitrogens with zero attached hydrogens (tertiary/aromatic N) is 1. The van der Waals surface area contributed by atoms with Gasteiger partial charge < -0.3 is 9.84 Å². The number of likely N-dealkylation sites (tertiary alicyclic amines) is 1. The van der Waals surface area contributed by atoms with Gasteiger partial charge in [0.15, 0.2) is 0 Å². The van der Waals surface area contributed by atoms with E-state index in [0.717, 1.165) is 50.6 Å². The molecular formula is C15H29NO2. The van der Waals surface area contributed by atoms with Gasteiger partial charge in [-0.2, -0.15) is 0 Å². The molecule has 0 aromatic heterocycles. The van der Waals surface area contributed by atoms with Gasteiger partial charge in [0.25, 0.3) is 0 Å². The molecular weight excluding hydrogens is 226 g/mol. The van der Waals surface area contributed by atoms with E-state index in [1.807, 2.05) is 7.11 Å². The lowest BCUT2D eigenvalue weighted by Gasteiger charge is -2.45. The number of hydrogen-bond donors (Lipinski definition) is 1. The molecule has 1 saturated heterocycles. The van der Waals surface area contributed by atoms with Crippen molar-refractivity contribution < 1.29 is 9.84 Å². The summed E-state index contributed by atoms with van der Waals surface area (Å²) in [4.78, 5) is 2.61. The molecule has 2 fully saturated rings. The molecule has 3 unspecified atom stereocenters. The molecule has 0 spiro atoms. The van der Waals surface area contributed by atoms with E-state index in [1.54, 1.807) is 0 Å². The molecule has 0 aromatic carbocycles. The molecule has 3 heteroatoms. The number of aliphatic hydroxyl groups excluding tert-OH is 1. The van der Waals surface area contributed by atoms with Crippen LogP contribution < -0.4 is 0 Å². The average molecular weight is 255 g/mol. The molecule has 1 N–H and O–H groups in total. The van der Waals surface area contributed by atoms with E-state index >= 15 is 0 Å². The number of piperidine rings is 1. The zero-order valence-electron chi connectivity index (χ0n) is 12.1. The summed E-state index contributed by atoms with van der Waals surface area (Å²) < 4.78 is 5.45. The fourth-order valence-corrected chi connectivity index (χ4v) is 3.79. The van der Waals surface area contributed by atoms with Crippen molar-refractivity contribution >= 4 is 0 Å². The third kappa shape index (κ3) is 3.25. The second-order valence-corrected chi connectivity index (χ2v) is 6.41. The van der Waals surface area contributed by atoms with Crippen molar-refractivity contribution in [3.8, 4) is 0 Å². The molecule has 1 saturated carbocycles. The van der Waals surface area contributed by atoms with E-state index in [2.05, 4.69) is 18.7 Å². The first-order valence-electron chi connectivity index (χ1n) is 7.56. The Morgan fingerprint density at radius 1 is 1.11 bits per heavy atom. The summed E-state index contributed by atoms with van der Waals surface area (Å²) in [5, 5.41) is 9.96. The van der Waals surface area contributed by atoms with Crippen LogP contribution in [-0.4, -0.2) is 48.5 Å². The zero-order valence-corrected chi connectivity index (χ0v) is 12.1. The van der Waals surface area contributed by atoms with Crippen molar-refractivity contribution in [1.29, 1.82) is 0 Å². The number of methoxy groups -OCH3 is 1. The van der Waals surface area contributed by atoms with E-state index in [1.165, 1.54) is 6.42 Å². The van der Waals surface area contributed by atoms with Crippen molar-refractivity contribution in [2.75, 3.05) is 20.2 Å². The Hall–Kier alpha value is -0.120. The Bertz CT molecular complexity index is 249. The van der Waals surface area contributed by atoms with Crippen LogP contribution >= 0.6 is 0 Å². The van der Waals surface area contributed by atoms with E-state index in [0.29, 0.717) is 12.1 Å². The molecule has 106 valence electrons. The number of hydrogen-bond acceptors (Lipinski definition) is 3. The standard InChI is InChI=1S/C15H29NO2/c1-11(2)14-5-4-12(17)10-15(14)16-8-6-13(18-3)7-9-16/h11-15,17H,4-10H2,1-3H3. The second-order valence-electron chi connectivity index (χ2n) is 6.41. The first kappa shape index (κ1) is 14.3. The third-order valence-electron chi connectivity index (χ3n) is 4.98. The maximum atomic E-state index is 9.96. The summed E-state index contributed by atoms with van der Waals surface area (Å²) in [5.41, 5.74) is 0. The molecule has 1 aliphatic heterocycles. The topological polar surface area (TPSA) is 32.7 Å². The highest BCUT2D eigenvalue weighted by Gasteiger charge is 2.36. The number of ether oxygens (including phenoxy) is 1. The summed E-state index contributed by atoms with van der Waals surface area (Å²) in [7, 11) is 1.82. The van der Waals surface area contributed by atoms with Crippen molar-refractivity contribution in [1.82, 2.24) is 4.90 Å². The van der Waals surface area contributed by atoms with E-state index in [-0.39, 0.29) is 6.10 Å². The minimum atomic E-state index is -0.0786. The zero-order chi connectivity index (χ0) is 13.1. The summed E-state index contributed by atoms with van der Waals surface area (Å²) in [6.07, 6.45) is 5.82. The predicted octanol–water partition coefficient (Wildman–Crippen LogP) is 2.28. The molecule has 1 heterocycles. The molecule has 2 rings (SSSR count). The molecule has 0 bridgehead atoms. The van der Waals surface area contributed by atoms with Gasteiger partial charge in [0.2, 0.25) is 0 Å². The molecule has 3 atom stereocenters. The largest absolute Gasteiger partial charge is 0.393 e. The van der Waals surface area contributed by atoms with Crippen LogP contribution in [0.15, 0.2) is 0 Å². The molecule has 18 heavy (non-hydrogen) atoms. The van der Waals surface area contributed by atoms with Gasteiger partial charge in [-0.25, -0.2) is 0 Å². The fraction of sp³-hybridized carbons (Fsp3) is 1.00. The maximum Gasteiger partial charge on any atom is 0.0595 e. The maximum absolute atomic E-state index is 9.96. The van der Waals surface area contributed by atoms with Gasteiger partial charge in [-0.3, -0.25) is 4.90 Å².